The number of benzene rings is 1. The van der Waals surface area contributed by atoms with Crippen molar-refractivity contribution in [1.82, 2.24) is 20.0 Å². The number of hydrogen-bond donors (Lipinski definition) is 2. The van der Waals surface area contributed by atoms with Crippen LogP contribution in [0.3, 0.4) is 0 Å². The lowest BCUT2D eigenvalue weighted by Crippen LogP contribution is -2.38. The van der Waals surface area contributed by atoms with Crippen molar-refractivity contribution in [2.75, 3.05) is 13.1 Å². The normalized spacial score (nSPS) is 11.8. The van der Waals surface area contributed by atoms with E-state index in [4.69, 9.17) is 11.6 Å². The van der Waals surface area contributed by atoms with Gasteiger partial charge in [0.25, 0.3) is 0 Å². The number of hydrogen-bond acceptors (Lipinski definition) is 3. The number of rotatable bonds is 6. The molecule has 0 radical (unpaired) electrons. The fourth-order valence-electron chi connectivity index (χ4n) is 2.37. The van der Waals surface area contributed by atoms with Gasteiger partial charge in [-0.05, 0) is 31.0 Å². The van der Waals surface area contributed by atoms with Crippen molar-refractivity contribution in [3.63, 3.8) is 0 Å². The number of nitrogens with zero attached hydrogens (tertiary/aromatic N) is 3. The maximum Gasteiger partial charge on any atom is 0.193 e. The number of aliphatic imine (C=N–C) groups is 1. The Balaban J connectivity index is 1.56. The first-order valence-corrected chi connectivity index (χ1v) is 9.18. The van der Waals surface area contributed by atoms with Crippen molar-refractivity contribution >= 4 is 33.9 Å². The number of guanidine groups is 1. The van der Waals surface area contributed by atoms with Crippen LogP contribution in [0.15, 0.2) is 47.0 Å². The summed E-state index contributed by atoms with van der Waals surface area (Å²) >= 11 is 7.64. The predicted molar refractivity (Wildman–Crippen MR) is 101 cm³/mol. The van der Waals surface area contributed by atoms with Gasteiger partial charge in [0.1, 0.15) is 0 Å². The molecule has 0 amide bonds. The largest absolute Gasteiger partial charge is 0.357 e. The molecule has 0 saturated heterocycles. The lowest BCUT2D eigenvalue weighted by Gasteiger charge is -2.11. The van der Waals surface area contributed by atoms with Crippen LogP contribution in [0.4, 0.5) is 0 Å². The average Bonchev–Trinajstić information content (AvgIpc) is 3.14. The number of imidazole rings is 1. The lowest BCUT2D eigenvalue weighted by molar-refractivity contribution is 0.797. The van der Waals surface area contributed by atoms with E-state index in [-0.39, 0.29) is 0 Å². The van der Waals surface area contributed by atoms with Gasteiger partial charge in [-0.3, -0.25) is 4.40 Å². The summed E-state index contributed by atoms with van der Waals surface area (Å²) in [5.41, 5.74) is 2.18. The summed E-state index contributed by atoms with van der Waals surface area (Å²) in [6, 6.07) is 7.93. The van der Waals surface area contributed by atoms with Crippen LogP contribution in [0.5, 0.6) is 0 Å². The first-order chi connectivity index (χ1) is 11.7. The van der Waals surface area contributed by atoms with Crippen LogP contribution in [0.1, 0.15) is 18.2 Å². The van der Waals surface area contributed by atoms with Gasteiger partial charge in [-0.2, -0.15) is 0 Å². The molecule has 2 N–H and O–H groups in total. The second kappa shape index (κ2) is 8.17. The van der Waals surface area contributed by atoms with E-state index in [0.717, 1.165) is 41.1 Å². The van der Waals surface area contributed by atoms with E-state index in [1.165, 1.54) is 5.56 Å². The molecular formula is C17H20ClN5S. The standard InChI is InChI=1S/C17H20ClN5S/c1-2-19-16(20-7-6-13-4-3-5-14(18)10-13)21-11-15-12-23-8-9-24-17(23)22-15/h3-5,8-10,12H,2,6-7,11H2,1H3,(H2,19,20,21). The molecular weight excluding hydrogens is 342 g/mol. The van der Waals surface area contributed by atoms with Crippen LogP contribution in [0.2, 0.25) is 5.02 Å². The van der Waals surface area contributed by atoms with Crippen molar-refractivity contribution in [3.05, 3.63) is 58.3 Å². The van der Waals surface area contributed by atoms with E-state index in [1.54, 1.807) is 11.3 Å². The Hall–Kier alpha value is -2.05. The summed E-state index contributed by atoms with van der Waals surface area (Å²) in [4.78, 5) is 10.2. The molecule has 5 nitrogen and oxygen atoms in total. The highest BCUT2D eigenvalue weighted by Crippen LogP contribution is 2.12. The fourth-order valence-corrected chi connectivity index (χ4v) is 3.30. The van der Waals surface area contributed by atoms with Crippen LogP contribution in [0, 0.1) is 0 Å². The predicted octanol–water partition coefficient (Wildman–Crippen LogP) is 3.35. The highest BCUT2D eigenvalue weighted by molar-refractivity contribution is 7.15. The summed E-state index contributed by atoms with van der Waals surface area (Å²) in [5, 5.41) is 9.41. The molecule has 3 aromatic rings. The monoisotopic (exact) mass is 361 g/mol. The molecule has 3 rings (SSSR count). The van der Waals surface area contributed by atoms with Crippen LogP contribution < -0.4 is 10.6 Å². The zero-order valence-corrected chi connectivity index (χ0v) is 15.1. The van der Waals surface area contributed by atoms with E-state index in [1.807, 2.05) is 40.4 Å². The number of fused-ring (bicyclic) bond motifs is 1. The third kappa shape index (κ3) is 4.49. The van der Waals surface area contributed by atoms with Gasteiger partial charge >= 0.3 is 0 Å². The van der Waals surface area contributed by atoms with Crippen molar-refractivity contribution in [3.8, 4) is 0 Å². The SMILES string of the molecule is CCNC(=NCc1cn2ccsc2n1)NCCc1cccc(Cl)c1. The zero-order valence-electron chi connectivity index (χ0n) is 13.5. The van der Waals surface area contributed by atoms with Crippen LogP contribution in [0.25, 0.3) is 4.96 Å². The van der Waals surface area contributed by atoms with E-state index < -0.39 is 0 Å². The molecule has 0 fully saturated rings. The summed E-state index contributed by atoms with van der Waals surface area (Å²) in [7, 11) is 0. The summed E-state index contributed by atoms with van der Waals surface area (Å²) in [6.07, 6.45) is 4.92. The third-order valence-electron chi connectivity index (χ3n) is 3.48. The van der Waals surface area contributed by atoms with E-state index in [0.29, 0.717) is 6.54 Å². The van der Waals surface area contributed by atoms with Crippen LogP contribution in [-0.2, 0) is 13.0 Å². The Morgan fingerprint density at radius 3 is 3.08 bits per heavy atom. The molecule has 0 spiro atoms. The molecule has 2 aromatic heterocycles. The highest BCUT2D eigenvalue weighted by atomic mass is 35.5. The maximum absolute atomic E-state index is 6.01. The molecule has 2 heterocycles. The molecule has 0 atom stereocenters. The van der Waals surface area contributed by atoms with Crippen molar-refractivity contribution < 1.29 is 0 Å². The molecule has 7 heteroatoms. The van der Waals surface area contributed by atoms with Gasteiger partial charge in [0.15, 0.2) is 10.9 Å². The van der Waals surface area contributed by atoms with Gasteiger partial charge in [0, 0.05) is 35.9 Å². The van der Waals surface area contributed by atoms with Crippen molar-refractivity contribution in [2.24, 2.45) is 4.99 Å². The van der Waals surface area contributed by atoms with Crippen LogP contribution in [-0.4, -0.2) is 28.4 Å². The zero-order chi connectivity index (χ0) is 16.8. The first kappa shape index (κ1) is 16.8. The van der Waals surface area contributed by atoms with Crippen LogP contribution >= 0.6 is 22.9 Å². The molecule has 126 valence electrons. The second-order valence-corrected chi connectivity index (χ2v) is 6.64. The number of thiazole rings is 1. The Labute approximate surface area is 150 Å². The molecule has 0 saturated carbocycles. The van der Waals surface area contributed by atoms with Gasteiger partial charge in [0.05, 0.1) is 12.2 Å². The minimum Gasteiger partial charge on any atom is -0.357 e. The topological polar surface area (TPSA) is 53.7 Å². The average molecular weight is 362 g/mol. The smallest absolute Gasteiger partial charge is 0.193 e. The minimum absolute atomic E-state index is 0.556. The molecule has 24 heavy (non-hydrogen) atoms. The molecule has 0 aliphatic rings. The second-order valence-electron chi connectivity index (χ2n) is 5.33. The van der Waals surface area contributed by atoms with E-state index >= 15 is 0 Å². The summed E-state index contributed by atoms with van der Waals surface area (Å²) in [6.45, 7) is 4.23. The van der Waals surface area contributed by atoms with Gasteiger partial charge in [-0.25, -0.2) is 9.98 Å². The summed E-state index contributed by atoms with van der Waals surface area (Å²) in [5.74, 6) is 0.802. The van der Waals surface area contributed by atoms with Gasteiger partial charge < -0.3 is 10.6 Å². The minimum atomic E-state index is 0.556. The van der Waals surface area contributed by atoms with Gasteiger partial charge in [0.2, 0.25) is 0 Å². The molecule has 0 unspecified atom stereocenters. The Bertz CT molecular complexity index is 795. The first-order valence-electron chi connectivity index (χ1n) is 7.92. The van der Waals surface area contributed by atoms with Gasteiger partial charge in [-0.1, -0.05) is 23.7 Å². The number of nitrogens with one attached hydrogen (secondary N) is 2. The lowest BCUT2D eigenvalue weighted by atomic mass is 10.1. The summed E-state index contributed by atoms with van der Waals surface area (Å²) < 4.78 is 2.02. The number of halogens is 1. The Morgan fingerprint density at radius 1 is 1.38 bits per heavy atom. The van der Waals surface area contributed by atoms with E-state index in [9.17, 15) is 0 Å². The fraction of sp³-hybridized carbons (Fsp3) is 0.294. The third-order valence-corrected chi connectivity index (χ3v) is 4.49. The van der Waals surface area contributed by atoms with E-state index in [2.05, 4.69) is 33.6 Å². The molecule has 1 aromatic carbocycles. The van der Waals surface area contributed by atoms with Gasteiger partial charge in [-0.15, -0.1) is 11.3 Å². The molecule has 0 aliphatic heterocycles. The number of aromatic nitrogens is 2. The van der Waals surface area contributed by atoms with Crippen molar-refractivity contribution in [2.45, 2.75) is 19.9 Å². The molecule has 0 bridgehead atoms. The van der Waals surface area contributed by atoms with Crippen molar-refractivity contribution in [1.29, 1.82) is 0 Å². The highest BCUT2D eigenvalue weighted by Gasteiger charge is 2.03. The quantitative estimate of drug-likeness (QED) is 0.523. The molecule has 0 aliphatic carbocycles. The maximum atomic E-state index is 6.01. The Morgan fingerprint density at radius 2 is 2.29 bits per heavy atom. The Kier molecular flexibility index (Phi) is 5.72.